The highest BCUT2D eigenvalue weighted by Crippen LogP contribution is 2.33. The predicted octanol–water partition coefficient (Wildman–Crippen LogP) is 0.887. The fourth-order valence-electron chi connectivity index (χ4n) is 2.99. The van der Waals surface area contributed by atoms with Gasteiger partial charge in [0, 0.05) is 30.5 Å². The van der Waals surface area contributed by atoms with Crippen LogP contribution in [0.4, 0.5) is 0 Å². The monoisotopic (exact) mass is 314 g/mol. The molecule has 1 aromatic heterocycles. The Labute approximate surface area is 127 Å². The van der Waals surface area contributed by atoms with Gasteiger partial charge in [-0.15, -0.1) is 0 Å². The van der Waals surface area contributed by atoms with Crippen LogP contribution >= 0.6 is 0 Å². The third-order valence-corrected chi connectivity index (χ3v) is 5.85. The number of sulfonamides is 1. The van der Waals surface area contributed by atoms with Crippen LogP contribution < -0.4 is 10.0 Å². The quantitative estimate of drug-likeness (QED) is 0.698. The van der Waals surface area contributed by atoms with Crippen LogP contribution in [-0.4, -0.2) is 51.5 Å². The minimum absolute atomic E-state index is 0.0445. The Morgan fingerprint density at radius 1 is 1.33 bits per heavy atom. The second-order valence-electron chi connectivity index (χ2n) is 6.04. The number of H-pyrrole nitrogens is 1. The van der Waals surface area contributed by atoms with Crippen LogP contribution in [0.1, 0.15) is 31.4 Å². The lowest BCUT2D eigenvalue weighted by Crippen LogP contribution is -2.50. The Morgan fingerprint density at radius 2 is 2.00 bits per heavy atom. The molecule has 0 amide bonds. The molecule has 120 valence electrons. The van der Waals surface area contributed by atoms with Gasteiger partial charge in [-0.05, 0) is 40.1 Å². The zero-order chi connectivity index (χ0) is 15.5. The summed E-state index contributed by atoms with van der Waals surface area (Å²) in [5, 5.41) is 2.99. The molecule has 1 heterocycles. The van der Waals surface area contributed by atoms with E-state index < -0.39 is 10.0 Å². The summed E-state index contributed by atoms with van der Waals surface area (Å²) in [6, 6.07) is 1.68. The van der Waals surface area contributed by atoms with Gasteiger partial charge in [0.25, 0.3) is 0 Å². The fraction of sp³-hybridized carbons (Fsp3) is 0.714. The fourth-order valence-corrected chi connectivity index (χ4v) is 4.13. The Morgan fingerprint density at radius 3 is 2.57 bits per heavy atom. The smallest absolute Gasteiger partial charge is 0.242 e. The van der Waals surface area contributed by atoms with Gasteiger partial charge in [0.1, 0.15) is 0 Å². The molecule has 0 bridgehead atoms. The maximum Gasteiger partial charge on any atom is 0.242 e. The second kappa shape index (κ2) is 6.48. The summed E-state index contributed by atoms with van der Waals surface area (Å²) in [7, 11) is 2.43. The van der Waals surface area contributed by atoms with E-state index in [9.17, 15) is 8.42 Å². The molecule has 7 heteroatoms. The highest BCUT2D eigenvalue weighted by Gasteiger charge is 2.37. The van der Waals surface area contributed by atoms with E-state index in [4.69, 9.17) is 0 Å². The average molecular weight is 314 g/mol. The van der Waals surface area contributed by atoms with Gasteiger partial charge in [0.05, 0.1) is 4.90 Å². The van der Waals surface area contributed by atoms with Crippen molar-refractivity contribution in [3.63, 3.8) is 0 Å². The maximum absolute atomic E-state index is 12.4. The third kappa shape index (κ3) is 3.66. The number of hydrogen-bond acceptors (Lipinski definition) is 4. The molecule has 0 spiro atoms. The van der Waals surface area contributed by atoms with Gasteiger partial charge in [-0.2, -0.15) is 0 Å². The average Bonchev–Trinajstić information content (AvgIpc) is 3.07. The molecule has 2 rings (SSSR count). The Bertz CT molecular complexity index is 559. The van der Waals surface area contributed by atoms with Crippen molar-refractivity contribution in [1.29, 1.82) is 0 Å². The van der Waals surface area contributed by atoms with Gasteiger partial charge in [-0.25, -0.2) is 13.1 Å². The number of aromatic amines is 1. The van der Waals surface area contributed by atoms with E-state index in [2.05, 4.69) is 19.9 Å². The van der Waals surface area contributed by atoms with Gasteiger partial charge >= 0.3 is 0 Å². The Balaban J connectivity index is 2.06. The van der Waals surface area contributed by atoms with Gasteiger partial charge < -0.3 is 15.2 Å². The lowest BCUT2D eigenvalue weighted by molar-refractivity contribution is 0.162. The van der Waals surface area contributed by atoms with Crippen molar-refractivity contribution in [2.45, 2.75) is 42.7 Å². The molecule has 1 aromatic rings. The number of rotatable bonds is 7. The van der Waals surface area contributed by atoms with Crippen LogP contribution in [-0.2, 0) is 16.6 Å². The molecule has 0 atom stereocenters. The number of hydrogen-bond donors (Lipinski definition) is 3. The van der Waals surface area contributed by atoms with Crippen molar-refractivity contribution in [3.05, 3.63) is 18.0 Å². The first-order chi connectivity index (χ1) is 9.89. The Kier molecular flexibility index (Phi) is 5.08. The largest absolute Gasteiger partial charge is 0.363 e. The summed E-state index contributed by atoms with van der Waals surface area (Å²) in [5.74, 6) is 0. The first-order valence-corrected chi connectivity index (χ1v) is 8.87. The molecule has 1 aliphatic rings. The third-order valence-electron chi connectivity index (χ3n) is 4.47. The van der Waals surface area contributed by atoms with E-state index in [0.29, 0.717) is 18.0 Å². The minimum atomic E-state index is -3.45. The van der Waals surface area contributed by atoms with Gasteiger partial charge in [0.15, 0.2) is 0 Å². The molecular formula is C14H26N4O2S. The molecular weight excluding hydrogens is 288 g/mol. The van der Waals surface area contributed by atoms with Crippen molar-refractivity contribution in [2.24, 2.45) is 0 Å². The van der Waals surface area contributed by atoms with Gasteiger partial charge in [-0.3, -0.25) is 0 Å². The SMILES string of the molecule is CNCc1cc(S(=O)(=O)NCC2(N(C)C)CCCC2)c[nH]1. The zero-order valence-corrected chi connectivity index (χ0v) is 13.9. The molecule has 0 saturated heterocycles. The standard InChI is InChI=1S/C14H26N4O2S/c1-15-9-12-8-13(10-16-12)21(19,20)17-11-14(18(2)3)6-4-5-7-14/h8,10,15-17H,4-7,9,11H2,1-3H3. The highest BCUT2D eigenvalue weighted by atomic mass is 32.2. The van der Waals surface area contributed by atoms with E-state index >= 15 is 0 Å². The topological polar surface area (TPSA) is 77.2 Å². The van der Waals surface area contributed by atoms with Crippen LogP contribution in [0.2, 0.25) is 0 Å². The number of aromatic nitrogens is 1. The van der Waals surface area contributed by atoms with E-state index in [1.54, 1.807) is 12.3 Å². The highest BCUT2D eigenvalue weighted by molar-refractivity contribution is 7.89. The zero-order valence-electron chi connectivity index (χ0n) is 13.1. The van der Waals surface area contributed by atoms with Gasteiger partial charge in [0.2, 0.25) is 10.0 Å². The van der Waals surface area contributed by atoms with E-state index in [-0.39, 0.29) is 5.54 Å². The number of likely N-dealkylation sites (N-methyl/N-ethyl adjacent to an activating group) is 1. The predicted molar refractivity (Wildman–Crippen MR) is 83.6 cm³/mol. The first kappa shape index (κ1) is 16.5. The van der Waals surface area contributed by atoms with Crippen molar-refractivity contribution in [2.75, 3.05) is 27.7 Å². The van der Waals surface area contributed by atoms with Crippen molar-refractivity contribution >= 4 is 10.0 Å². The molecule has 0 unspecified atom stereocenters. The molecule has 3 N–H and O–H groups in total. The first-order valence-electron chi connectivity index (χ1n) is 7.39. The molecule has 0 aromatic carbocycles. The summed E-state index contributed by atoms with van der Waals surface area (Å²) >= 11 is 0. The van der Waals surface area contributed by atoms with Crippen molar-refractivity contribution < 1.29 is 8.42 Å². The lowest BCUT2D eigenvalue weighted by atomic mass is 9.97. The van der Waals surface area contributed by atoms with E-state index in [1.165, 1.54) is 0 Å². The van der Waals surface area contributed by atoms with Crippen LogP contribution in [0.15, 0.2) is 17.2 Å². The summed E-state index contributed by atoms with van der Waals surface area (Å²) in [6.07, 6.45) is 5.96. The molecule has 0 aliphatic heterocycles. The molecule has 1 aliphatic carbocycles. The molecule has 6 nitrogen and oxygen atoms in total. The van der Waals surface area contributed by atoms with Gasteiger partial charge in [-0.1, -0.05) is 12.8 Å². The van der Waals surface area contributed by atoms with Crippen LogP contribution in [0.3, 0.4) is 0 Å². The summed E-state index contributed by atoms with van der Waals surface area (Å²) < 4.78 is 27.6. The van der Waals surface area contributed by atoms with E-state index in [0.717, 1.165) is 31.4 Å². The Hall–Kier alpha value is -0.890. The van der Waals surface area contributed by atoms with Crippen molar-refractivity contribution in [1.82, 2.24) is 19.9 Å². The van der Waals surface area contributed by atoms with Crippen molar-refractivity contribution in [3.8, 4) is 0 Å². The summed E-state index contributed by atoms with van der Waals surface area (Å²) in [6.45, 7) is 1.09. The minimum Gasteiger partial charge on any atom is -0.363 e. The summed E-state index contributed by atoms with van der Waals surface area (Å²) in [5.41, 5.74) is 0.818. The molecule has 1 saturated carbocycles. The van der Waals surface area contributed by atoms with Crippen LogP contribution in [0.5, 0.6) is 0 Å². The molecule has 1 fully saturated rings. The van der Waals surface area contributed by atoms with Crippen LogP contribution in [0, 0.1) is 0 Å². The normalized spacial score (nSPS) is 18.5. The second-order valence-corrected chi connectivity index (χ2v) is 7.81. The molecule has 21 heavy (non-hydrogen) atoms. The lowest BCUT2D eigenvalue weighted by Gasteiger charge is -2.36. The summed E-state index contributed by atoms with van der Waals surface area (Å²) in [4.78, 5) is 5.44. The van der Waals surface area contributed by atoms with E-state index in [1.807, 2.05) is 21.1 Å². The number of nitrogens with one attached hydrogen (secondary N) is 3. The maximum atomic E-state index is 12.4. The number of nitrogens with zero attached hydrogens (tertiary/aromatic N) is 1. The molecule has 0 radical (unpaired) electrons. The van der Waals surface area contributed by atoms with Crippen LogP contribution in [0.25, 0.3) is 0 Å².